The summed E-state index contributed by atoms with van der Waals surface area (Å²) in [5, 5.41) is 0. The molecule has 3 nitrogen and oxygen atoms in total. The number of hydrogen-bond acceptors (Lipinski definition) is 3. The van der Waals surface area contributed by atoms with Crippen molar-refractivity contribution in [1.82, 2.24) is 4.98 Å². The van der Waals surface area contributed by atoms with Crippen LogP contribution in [0.5, 0.6) is 0 Å². The SMILES string of the molecule is O=C=Nc1cc(Br)ccn1. The zero-order valence-electron chi connectivity index (χ0n) is 4.91. The van der Waals surface area contributed by atoms with Gasteiger partial charge in [-0.2, -0.15) is 0 Å². The van der Waals surface area contributed by atoms with E-state index in [2.05, 4.69) is 25.9 Å². The molecule has 0 aromatic carbocycles. The van der Waals surface area contributed by atoms with Crippen LogP contribution in [0.25, 0.3) is 0 Å². The first kappa shape index (κ1) is 7.12. The minimum Gasteiger partial charge on any atom is -0.236 e. The van der Waals surface area contributed by atoms with Gasteiger partial charge in [0.25, 0.3) is 0 Å². The summed E-state index contributed by atoms with van der Waals surface area (Å²) in [7, 11) is 0. The third kappa shape index (κ3) is 1.76. The second-order valence-corrected chi connectivity index (χ2v) is 2.45. The summed E-state index contributed by atoms with van der Waals surface area (Å²) >= 11 is 3.20. The van der Waals surface area contributed by atoms with Crippen LogP contribution in [0.3, 0.4) is 0 Å². The van der Waals surface area contributed by atoms with Crippen molar-refractivity contribution in [3.05, 3.63) is 22.8 Å². The third-order valence-corrected chi connectivity index (χ3v) is 1.36. The van der Waals surface area contributed by atoms with E-state index < -0.39 is 0 Å². The first-order chi connectivity index (χ1) is 4.83. The normalized spacial score (nSPS) is 8.50. The van der Waals surface area contributed by atoms with Crippen LogP contribution in [0.4, 0.5) is 5.82 Å². The van der Waals surface area contributed by atoms with Gasteiger partial charge in [-0.1, -0.05) is 15.9 Å². The second-order valence-electron chi connectivity index (χ2n) is 1.54. The number of halogens is 1. The van der Waals surface area contributed by atoms with Crippen LogP contribution < -0.4 is 0 Å². The van der Waals surface area contributed by atoms with Crippen LogP contribution in [-0.2, 0) is 4.79 Å². The maximum Gasteiger partial charge on any atom is 0.242 e. The van der Waals surface area contributed by atoms with Gasteiger partial charge in [-0.3, -0.25) is 0 Å². The fraction of sp³-hybridized carbons (Fsp3) is 0. The first-order valence-electron chi connectivity index (χ1n) is 2.52. The molecule has 0 fully saturated rings. The Morgan fingerprint density at radius 3 is 3.10 bits per heavy atom. The van der Waals surface area contributed by atoms with Crippen molar-refractivity contribution in [3.63, 3.8) is 0 Å². The van der Waals surface area contributed by atoms with Gasteiger partial charge in [-0.05, 0) is 12.1 Å². The lowest BCUT2D eigenvalue weighted by Gasteiger charge is -1.88. The Hall–Kier alpha value is -0.990. The third-order valence-electron chi connectivity index (χ3n) is 0.868. The molecular formula is C6H3BrN2O. The quantitative estimate of drug-likeness (QED) is 0.511. The number of pyridine rings is 1. The minimum absolute atomic E-state index is 0.365. The van der Waals surface area contributed by atoms with Crippen LogP contribution in [0.15, 0.2) is 27.8 Å². The molecule has 0 aliphatic rings. The van der Waals surface area contributed by atoms with Gasteiger partial charge in [-0.15, -0.1) is 4.99 Å². The van der Waals surface area contributed by atoms with E-state index in [0.717, 1.165) is 4.47 Å². The number of carbonyl (C=O) groups excluding carboxylic acids is 1. The largest absolute Gasteiger partial charge is 0.242 e. The van der Waals surface area contributed by atoms with Gasteiger partial charge in [0.15, 0.2) is 5.82 Å². The highest BCUT2D eigenvalue weighted by Crippen LogP contribution is 2.13. The van der Waals surface area contributed by atoms with Crippen molar-refractivity contribution in [3.8, 4) is 0 Å². The standard InChI is InChI=1S/C6H3BrN2O/c7-5-1-2-8-6(3-5)9-4-10/h1-3H. The van der Waals surface area contributed by atoms with Crippen LogP contribution in [0, 0.1) is 0 Å². The van der Waals surface area contributed by atoms with Gasteiger partial charge in [0, 0.05) is 10.7 Å². The van der Waals surface area contributed by atoms with Crippen LogP contribution in [-0.4, -0.2) is 11.1 Å². The summed E-state index contributed by atoms with van der Waals surface area (Å²) in [4.78, 5) is 16.8. The molecule has 1 aromatic rings. The molecule has 1 rings (SSSR count). The number of aromatic nitrogens is 1. The summed E-state index contributed by atoms with van der Waals surface area (Å²) in [6.45, 7) is 0. The highest BCUT2D eigenvalue weighted by Gasteiger charge is 1.89. The van der Waals surface area contributed by atoms with Crippen LogP contribution >= 0.6 is 15.9 Å². The number of aliphatic imine (C=N–C) groups is 1. The van der Waals surface area contributed by atoms with E-state index in [1.54, 1.807) is 18.3 Å². The van der Waals surface area contributed by atoms with Crippen molar-refractivity contribution in [2.24, 2.45) is 4.99 Å². The van der Waals surface area contributed by atoms with E-state index in [0.29, 0.717) is 5.82 Å². The van der Waals surface area contributed by atoms with Crippen LogP contribution in [0.2, 0.25) is 0 Å². The van der Waals surface area contributed by atoms with E-state index in [9.17, 15) is 4.79 Å². The fourth-order valence-corrected chi connectivity index (χ4v) is 0.824. The lowest BCUT2D eigenvalue weighted by molar-refractivity contribution is 0.565. The minimum atomic E-state index is 0.365. The molecule has 0 radical (unpaired) electrons. The van der Waals surface area contributed by atoms with E-state index in [4.69, 9.17) is 0 Å². The molecule has 0 bridgehead atoms. The summed E-state index contributed by atoms with van der Waals surface area (Å²) in [5.41, 5.74) is 0. The summed E-state index contributed by atoms with van der Waals surface area (Å²) < 4.78 is 0.844. The molecule has 0 saturated carbocycles. The van der Waals surface area contributed by atoms with Crippen molar-refractivity contribution in [2.45, 2.75) is 0 Å². The molecular weight excluding hydrogens is 196 g/mol. The van der Waals surface area contributed by atoms with Crippen molar-refractivity contribution in [1.29, 1.82) is 0 Å². The molecule has 0 aliphatic carbocycles. The van der Waals surface area contributed by atoms with Gasteiger partial charge in [0.2, 0.25) is 6.08 Å². The van der Waals surface area contributed by atoms with Gasteiger partial charge in [-0.25, -0.2) is 9.78 Å². The van der Waals surface area contributed by atoms with Gasteiger partial charge in [0.05, 0.1) is 0 Å². The Kier molecular flexibility index (Phi) is 2.31. The zero-order chi connectivity index (χ0) is 7.40. The van der Waals surface area contributed by atoms with Gasteiger partial charge >= 0.3 is 0 Å². The van der Waals surface area contributed by atoms with Crippen molar-refractivity contribution in [2.75, 3.05) is 0 Å². The van der Waals surface area contributed by atoms with E-state index in [1.807, 2.05) is 0 Å². The Morgan fingerprint density at radius 1 is 1.70 bits per heavy atom. The van der Waals surface area contributed by atoms with Crippen molar-refractivity contribution < 1.29 is 4.79 Å². The first-order valence-corrected chi connectivity index (χ1v) is 3.31. The Labute approximate surface area is 65.9 Å². The Morgan fingerprint density at radius 2 is 2.50 bits per heavy atom. The monoisotopic (exact) mass is 198 g/mol. The lowest BCUT2D eigenvalue weighted by atomic mass is 10.5. The smallest absolute Gasteiger partial charge is 0.236 e. The summed E-state index contributed by atoms with van der Waals surface area (Å²) in [6.07, 6.45) is 2.96. The molecule has 0 spiro atoms. The highest BCUT2D eigenvalue weighted by atomic mass is 79.9. The average molecular weight is 199 g/mol. The molecule has 1 heterocycles. The maximum absolute atomic E-state index is 9.74. The molecule has 0 amide bonds. The van der Waals surface area contributed by atoms with E-state index in [1.165, 1.54) is 6.08 Å². The second kappa shape index (κ2) is 3.25. The molecule has 1 aromatic heterocycles. The number of isocyanates is 1. The summed E-state index contributed by atoms with van der Waals surface area (Å²) in [6, 6.07) is 3.38. The topological polar surface area (TPSA) is 42.3 Å². The molecule has 0 aliphatic heterocycles. The van der Waals surface area contributed by atoms with Gasteiger partial charge < -0.3 is 0 Å². The zero-order valence-corrected chi connectivity index (χ0v) is 6.50. The van der Waals surface area contributed by atoms with E-state index >= 15 is 0 Å². The fourth-order valence-electron chi connectivity index (χ4n) is 0.501. The highest BCUT2D eigenvalue weighted by molar-refractivity contribution is 9.10. The molecule has 4 heteroatoms. The lowest BCUT2D eigenvalue weighted by Crippen LogP contribution is -1.71. The molecule has 0 unspecified atom stereocenters. The van der Waals surface area contributed by atoms with Crippen molar-refractivity contribution >= 4 is 27.8 Å². The summed E-state index contributed by atoms with van der Waals surface area (Å²) in [5.74, 6) is 0.365. The number of hydrogen-bond donors (Lipinski definition) is 0. The number of rotatable bonds is 1. The van der Waals surface area contributed by atoms with E-state index in [-0.39, 0.29) is 0 Å². The average Bonchev–Trinajstić information content (AvgIpc) is 1.88. The predicted molar refractivity (Wildman–Crippen MR) is 39.7 cm³/mol. The molecule has 50 valence electrons. The molecule has 0 saturated heterocycles. The predicted octanol–water partition coefficient (Wildman–Crippen LogP) is 1.81. The Bertz CT molecular complexity index is 281. The maximum atomic E-state index is 9.74. The van der Waals surface area contributed by atoms with Crippen LogP contribution in [0.1, 0.15) is 0 Å². The Balaban J connectivity index is 3.06. The number of nitrogens with zero attached hydrogens (tertiary/aromatic N) is 2. The molecule has 0 N–H and O–H groups in total. The molecule has 10 heavy (non-hydrogen) atoms. The molecule has 0 atom stereocenters. The van der Waals surface area contributed by atoms with Gasteiger partial charge in [0.1, 0.15) is 0 Å².